The SMILES string of the molecule is C[C@@H]1C[C@H](C)CN(S(=O)(=O)c2ccc(C(=O)OCC(O)=C(C#N)c3nc4ccccc4[nH]3)cc2)C1. The van der Waals surface area contributed by atoms with Crippen LogP contribution in [0.15, 0.2) is 59.2 Å². The second-order valence-electron chi connectivity index (χ2n) is 8.90. The Morgan fingerprint density at radius 1 is 1.17 bits per heavy atom. The van der Waals surface area contributed by atoms with Gasteiger partial charge in [0.25, 0.3) is 0 Å². The molecule has 9 nitrogen and oxygen atoms in total. The van der Waals surface area contributed by atoms with Crippen LogP contribution in [0.5, 0.6) is 0 Å². The number of aromatic amines is 1. The maximum absolute atomic E-state index is 13.0. The first-order chi connectivity index (χ1) is 16.7. The van der Waals surface area contributed by atoms with Crippen LogP contribution in [0.4, 0.5) is 0 Å². The number of esters is 1. The molecule has 0 spiro atoms. The first kappa shape index (κ1) is 24.4. The summed E-state index contributed by atoms with van der Waals surface area (Å²) in [5.41, 5.74) is 1.31. The molecule has 35 heavy (non-hydrogen) atoms. The minimum absolute atomic E-state index is 0.106. The van der Waals surface area contributed by atoms with E-state index in [2.05, 4.69) is 9.97 Å². The molecule has 1 aliphatic heterocycles. The van der Waals surface area contributed by atoms with Gasteiger partial charge in [0.15, 0.2) is 11.6 Å². The van der Waals surface area contributed by atoms with Gasteiger partial charge in [-0.05, 0) is 54.7 Å². The number of hydrogen-bond donors (Lipinski definition) is 2. The zero-order valence-corrected chi connectivity index (χ0v) is 20.2. The van der Waals surface area contributed by atoms with Crippen molar-refractivity contribution < 1.29 is 23.1 Å². The molecule has 2 N–H and O–H groups in total. The number of nitrogens with zero attached hydrogens (tertiary/aromatic N) is 3. The Kier molecular flexibility index (Phi) is 6.91. The fraction of sp³-hybridized carbons (Fsp3) is 0.320. The van der Waals surface area contributed by atoms with E-state index in [1.807, 2.05) is 26.0 Å². The predicted octanol–water partition coefficient (Wildman–Crippen LogP) is 3.88. The van der Waals surface area contributed by atoms with Crippen molar-refractivity contribution >= 4 is 32.6 Å². The molecule has 0 unspecified atom stereocenters. The summed E-state index contributed by atoms with van der Waals surface area (Å²) in [5.74, 6) is -0.490. The van der Waals surface area contributed by atoms with Gasteiger partial charge in [-0.25, -0.2) is 18.2 Å². The molecule has 2 atom stereocenters. The first-order valence-electron chi connectivity index (χ1n) is 11.2. The fourth-order valence-electron chi connectivity index (χ4n) is 4.33. The van der Waals surface area contributed by atoms with Crippen LogP contribution in [0.2, 0.25) is 0 Å². The van der Waals surface area contributed by atoms with Gasteiger partial charge < -0.3 is 14.8 Å². The van der Waals surface area contributed by atoms with Crippen LogP contribution >= 0.6 is 0 Å². The Morgan fingerprint density at radius 2 is 1.83 bits per heavy atom. The number of aliphatic hydroxyl groups is 1. The lowest BCUT2D eigenvalue weighted by Gasteiger charge is -2.34. The predicted molar refractivity (Wildman–Crippen MR) is 130 cm³/mol. The first-order valence-corrected chi connectivity index (χ1v) is 12.7. The molecule has 1 saturated heterocycles. The normalized spacial score (nSPS) is 19.7. The van der Waals surface area contributed by atoms with Crippen molar-refractivity contribution in [3.05, 3.63) is 65.7 Å². The number of ether oxygens (including phenoxy) is 1. The number of piperidine rings is 1. The third-order valence-electron chi connectivity index (χ3n) is 5.93. The van der Waals surface area contributed by atoms with Crippen LogP contribution in [0, 0.1) is 23.2 Å². The van der Waals surface area contributed by atoms with E-state index >= 15 is 0 Å². The van der Waals surface area contributed by atoms with Crippen molar-refractivity contribution in [1.82, 2.24) is 14.3 Å². The molecule has 0 bridgehead atoms. The van der Waals surface area contributed by atoms with E-state index in [9.17, 15) is 23.6 Å². The molecule has 4 rings (SSSR count). The summed E-state index contributed by atoms with van der Waals surface area (Å²) < 4.78 is 32.7. The summed E-state index contributed by atoms with van der Waals surface area (Å²) >= 11 is 0. The zero-order chi connectivity index (χ0) is 25.2. The van der Waals surface area contributed by atoms with Crippen molar-refractivity contribution in [2.45, 2.75) is 25.2 Å². The molecule has 1 aliphatic rings. The zero-order valence-electron chi connectivity index (χ0n) is 19.4. The van der Waals surface area contributed by atoms with E-state index in [-0.39, 0.29) is 33.7 Å². The molecule has 1 aromatic heterocycles. The minimum Gasteiger partial charge on any atom is -0.507 e. The van der Waals surface area contributed by atoms with E-state index in [1.54, 1.807) is 18.2 Å². The van der Waals surface area contributed by atoms with E-state index in [4.69, 9.17) is 4.74 Å². The number of para-hydroxylation sites is 2. The van der Waals surface area contributed by atoms with E-state index in [0.717, 1.165) is 6.42 Å². The number of sulfonamides is 1. The number of rotatable bonds is 6. The summed E-state index contributed by atoms with van der Waals surface area (Å²) in [5, 5.41) is 19.8. The molecule has 2 aromatic carbocycles. The monoisotopic (exact) mass is 494 g/mol. The standard InChI is InChI=1S/C25H26N4O5S/c1-16-11-17(2)14-29(13-16)35(32,33)19-9-7-18(8-10-19)25(31)34-15-23(30)20(12-26)24-27-21-5-3-4-6-22(21)28-24/h3-10,16-17,30H,11,13-15H2,1-2H3,(H,27,28)/t16-,17+. The second-order valence-corrected chi connectivity index (χ2v) is 10.8. The molecule has 0 amide bonds. The summed E-state index contributed by atoms with van der Waals surface area (Å²) in [6, 6.07) is 14.5. The summed E-state index contributed by atoms with van der Waals surface area (Å²) in [6.07, 6.45) is 0.988. The Balaban J connectivity index is 1.45. The number of benzene rings is 2. The van der Waals surface area contributed by atoms with Gasteiger partial charge in [-0.3, -0.25) is 0 Å². The smallest absolute Gasteiger partial charge is 0.338 e. The van der Waals surface area contributed by atoms with E-state index in [0.29, 0.717) is 24.1 Å². The lowest BCUT2D eigenvalue weighted by molar-refractivity contribution is 0.0502. The number of carbonyl (C=O) groups excluding carboxylic acids is 1. The van der Waals surface area contributed by atoms with Gasteiger partial charge >= 0.3 is 5.97 Å². The van der Waals surface area contributed by atoms with Crippen LogP contribution in [-0.4, -0.2) is 53.5 Å². The summed E-state index contributed by atoms with van der Waals surface area (Å²) in [6.45, 7) is 4.46. The largest absolute Gasteiger partial charge is 0.507 e. The average Bonchev–Trinajstić information content (AvgIpc) is 3.26. The third-order valence-corrected chi connectivity index (χ3v) is 7.78. The molecule has 1 fully saturated rings. The molecular formula is C25H26N4O5S. The second kappa shape index (κ2) is 9.90. The molecule has 182 valence electrons. The maximum atomic E-state index is 13.0. The number of aromatic nitrogens is 2. The van der Waals surface area contributed by atoms with Crippen LogP contribution in [-0.2, 0) is 14.8 Å². The molecule has 2 heterocycles. The third kappa shape index (κ3) is 5.21. The van der Waals surface area contributed by atoms with Crippen molar-refractivity contribution in [1.29, 1.82) is 5.26 Å². The highest BCUT2D eigenvalue weighted by molar-refractivity contribution is 7.89. The van der Waals surface area contributed by atoms with Gasteiger partial charge in [-0.2, -0.15) is 9.57 Å². The van der Waals surface area contributed by atoms with Crippen molar-refractivity contribution in [3.8, 4) is 6.07 Å². The minimum atomic E-state index is -3.67. The van der Waals surface area contributed by atoms with Gasteiger partial charge in [-0.1, -0.05) is 26.0 Å². The van der Waals surface area contributed by atoms with E-state index in [1.165, 1.54) is 28.6 Å². The van der Waals surface area contributed by atoms with Crippen LogP contribution in [0.25, 0.3) is 16.6 Å². The molecular weight excluding hydrogens is 468 g/mol. The fourth-order valence-corrected chi connectivity index (χ4v) is 6.01. The summed E-state index contributed by atoms with van der Waals surface area (Å²) in [4.78, 5) is 19.8. The molecule has 0 aliphatic carbocycles. The molecule has 10 heteroatoms. The number of imidazole rings is 1. The quantitative estimate of drug-likeness (QED) is 0.301. The number of fused-ring (bicyclic) bond motifs is 1. The highest BCUT2D eigenvalue weighted by atomic mass is 32.2. The van der Waals surface area contributed by atoms with Crippen molar-refractivity contribution in [2.24, 2.45) is 11.8 Å². The van der Waals surface area contributed by atoms with Crippen molar-refractivity contribution in [3.63, 3.8) is 0 Å². The lowest BCUT2D eigenvalue weighted by atomic mass is 9.94. The molecule has 0 saturated carbocycles. The summed E-state index contributed by atoms with van der Waals surface area (Å²) in [7, 11) is -3.67. The van der Waals surface area contributed by atoms with Crippen LogP contribution in [0.3, 0.4) is 0 Å². The van der Waals surface area contributed by atoms with Gasteiger partial charge in [0.1, 0.15) is 18.2 Å². The highest BCUT2D eigenvalue weighted by Crippen LogP contribution is 2.27. The maximum Gasteiger partial charge on any atom is 0.338 e. The Morgan fingerprint density at radius 3 is 2.46 bits per heavy atom. The van der Waals surface area contributed by atoms with Crippen LogP contribution in [0.1, 0.15) is 36.5 Å². The highest BCUT2D eigenvalue weighted by Gasteiger charge is 2.31. The Labute approximate surface area is 203 Å². The van der Waals surface area contributed by atoms with Crippen molar-refractivity contribution in [2.75, 3.05) is 19.7 Å². The van der Waals surface area contributed by atoms with Gasteiger partial charge in [0, 0.05) is 13.1 Å². The number of nitrogens with one attached hydrogen (secondary N) is 1. The Hall–Kier alpha value is -3.68. The topological polar surface area (TPSA) is 136 Å². The lowest BCUT2D eigenvalue weighted by Crippen LogP contribution is -2.42. The number of hydrogen-bond acceptors (Lipinski definition) is 7. The van der Waals surface area contributed by atoms with Gasteiger partial charge in [0.05, 0.1) is 21.5 Å². The molecule has 0 radical (unpaired) electrons. The molecule has 3 aromatic rings. The van der Waals surface area contributed by atoms with E-state index < -0.39 is 28.4 Å². The number of allylic oxidation sites excluding steroid dienone is 1. The van der Waals surface area contributed by atoms with Gasteiger partial charge in [-0.15, -0.1) is 0 Å². The Bertz CT molecular complexity index is 1380. The average molecular weight is 495 g/mol. The number of aliphatic hydroxyl groups excluding tert-OH is 1. The van der Waals surface area contributed by atoms with Gasteiger partial charge in [0.2, 0.25) is 10.0 Å². The number of H-pyrrole nitrogens is 1. The van der Waals surface area contributed by atoms with Crippen LogP contribution < -0.4 is 0 Å². The number of nitriles is 1. The number of carbonyl (C=O) groups is 1.